The number of carbonyl (C=O) groups excluding carboxylic acids is 1. The lowest BCUT2D eigenvalue weighted by molar-refractivity contribution is 0.0696. The maximum absolute atomic E-state index is 11.7. The van der Waals surface area contributed by atoms with Gasteiger partial charge in [0.15, 0.2) is 0 Å². The van der Waals surface area contributed by atoms with Crippen molar-refractivity contribution in [1.82, 2.24) is 15.2 Å². The second kappa shape index (κ2) is 6.33. The van der Waals surface area contributed by atoms with Gasteiger partial charge in [0, 0.05) is 19.3 Å². The number of carbonyl (C=O) groups is 2. The quantitative estimate of drug-likeness (QED) is 0.759. The summed E-state index contributed by atoms with van der Waals surface area (Å²) in [6.45, 7) is 2.65. The molecule has 0 radical (unpaired) electrons. The number of rotatable bonds is 4. The smallest absolute Gasteiger partial charge is 0.337 e. The predicted molar refractivity (Wildman–Crippen MR) is 73.8 cm³/mol. The zero-order valence-electron chi connectivity index (χ0n) is 11.3. The first kappa shape index (κ1) is 14.3. The molecule has 108 valence electrons. The summed E-state index contributed by atoms with van der Waals surface area (Å²) >= 11 is 0. The third-order valence-corrected chi connectivity index (χ3v) is 3.28. The van der Waals surface area contributed by atoms with E-state index in [0.717, 1.165) is 19.5 Å². The number of carboxylic acid groups (broad SMARTS) is 1. The lowest BCUT2D eigenvalue weighted by atomic mass is 10.1. The van der Waals surface area contributed by atoms with E-state index in [4.69, 9.17) is 5.11 Å². The van der Waals surface area contributed by atoms with Crippen molar-refractivity contribution in [2.45, 2.75) is 6.42 Å². The van der Waals surface area contributed by atoms with Crippen LogP contribution in [-0.2, 0) is 0 Å². The van der Waals surface area contributed by atoms with E-state index < -0.39 is 5.97 Å². The van der Waals surface area contributed by atoms with E-state index in [9.17, 15) is 9.59 Å². The van der Waals surface area contributed by atoms with Crippen molar-refractivity contribution in [3.05, 3.63) is 24.0 Å². The van der Waals surface area contributed by atoms with Crippen LogP contribution in [0, 0.1) is 5.92 Å². The fourth-order valence-corrected chi connectivity index (χ4v) is 2.23. The summed E-state index contributed by atoms with van der Waals surface area (Å²) in [4.78, 5) is 28.5. The first-order chi connectivity index (χ1) is 9.54. The number of hydrogen-bond acceptors (Lipinski definition) is 4. The first-order valence-electron chi connectivity index (χ1n) is 6.46. The highest BCUT2D eigenvalue weighted by Crippen LogP contribution is 2.13. The van der Waals surface area contributed by atoms with Crippen LogP contribution in [0.5, 0.6) is 0 Å². The largest absolute Gasteiger partial charge is 0.478 e. The molecule has 2 heterocycles. The van der Waals surface area contributed by atoms with Crippen LogP contribution in [-0.4, -0.2) is 53.7 Å². The van der Waals surface area contributed by atoms with Gasteiger partial charge in [-0.2, -0.15) is 0 Å². The van der Waals surface area contributed by atoms with Crippen LogP contribution in [0.3, 0.4) is 0 Å². The van der Waals surface area contributed by atoms with Gasteiger partial charge in [0.25, 0.3) is 0 Å². The summed E-state index contributed by atoms with van der Waals surface area (Å²) in [6.07, 6.45) is 3.72. The van der Waals surface area contributed by atoms with Gasteiger partial charge in [-0.3, -0.25) is 4.98 Å². The van der Waals surface area contributed by atoms with Gasteiger partial charge in [-0.25, -0.2) is 9.59 Å². The zero-order valence-corrected chi connectivity index (χ0v) is 11.3. The van der Waals surface area contributed by atoms with E-state index in [-0.39, 0.29) is 11.6 Å². The molecule has 2 amide bonds. The van der Waals surface area contributed by atoms with E-state index >= 15 is 0 Å². The molecule has 20 heavy (non-hydrogen) atoms. The standard InChI is InChI=1S/C13H18N4O3/c1-17-3-2-9(8-17)5-15-13(20)16-11-4-10(12(18)19)6-14-7-11/h4,6-7,9H,2-3,5,8H2,1H3,(H,18,19)(H2,15,16,20). The summed E-state index contributed by atoms with van der Waals surface area (Å²) < 4.78 is 0. The molecule has 1 saturated heterocycles. The molecule has 2 rings (SSSR count). The molecule has 1 unspecified atom stereocenters. The Kier molecular flexibility index (Phi) is 4.52. The van der Waals surface area contributed by atoms with E-state index in [0.29, 0.717) is 18.2 Å². The SMILES string of the molecule is CN1CCC(CNC(=O)Nc2cncc(C(=O)O)c2)C1. The van der Waals surface area contributed by atoms with Crippen molar-refractivity contribution in [3.63, 3.8) is 0 Å². The summed E-state index contributed by atoms with van der Waals surface area (Å²) in [5, 5.41) is 14.2. The van der Waals surface area contributed by atoms with Gasteiger partial charge in [0.05, 0.1) is 17.4 Å². The third-order valence-electron chi connectivity index (χ3n) is 3.28. The van der Waals surface area contributed by atoms with Crippen molar-refractivity contribution in [2.75, 3.05) is 32.0 Å². The molecule has 7 heteroatoms. The molecule has 1 fully saturated rings. The fourth-order valence-electron chi connectivity index (χ4n) is 2.23. The highest BCUT2D eigenvalue weighted by molar-refractivity contribution is 5.92. The predicted octanol–water partition coefficient (Wildman–Crippen LogP) is 0.853. The molecule has 1 aromatic heterocycles. The molecule has 1 atom stereocenters. The van der Waals surface area contributed by atoms with Crippen LogP contribution in [0.1, 0.15) is 16.8 Å². The average Bonchev–Trinajstić information content (AvgIpc) is 2.82. The number of aromatic nitrogens is 1. The number of nitrogens with one attached hydrogen (secondary N) is 2. The number of aromatic carboxylic acids is 1. The Hall–Kier alpha value is -2.15. The van der Waals surface area contributed by atoms with Gasteiger partial charge in [-0.1, -0.05) is 0 Å². The van der Waals surface area contributed by atoms with Gasteiger partial charge in [0.2, 0.25) is 0 Å². The minimum atomic E-state index is -1.07. The van der Waals surface area contributed by atoms with E-state index in [1.807, 2.05) is 0 Å². The molecule has 0 saturated carbocycles. The Morgan fingerprint density at radius 3 is 2.95 bits per heavy atom. The van der Waals surface area contributed by atoms with E-state index in [1.165, 1.54) is 18.5 Å². The number of carboxylic acids is 1. The number of nitrogens with zero attached hydrogens (tertiary/aromatic N) is 2. The molecule has 1 aromatic rings. The minimum Gasteiger partial charge on any atom is -0.478 e. The van der Waals surface area contributed by atoms with Gasteiger partial charge in [-0.05, 0) is 32.0 Å². The van der Waals surface area contributed by atoms with Crippen molar-refractivity contribution in [3.8, 4) is 0 Å². The van der Waals surface area contributed by atoms with Crippen molar-refractivity contribution < 1.29 is 14.7 Å². The van der Waals surface area contributed by atoms with Crippen molar-refractivity contribution in [2.24, 2.45) is 5.92 Å². The molecule has 0 bridgehead atoms. The van der Waals surface area contributed by atoms with E-state index in [2.05, 4.69) is 27.6 Å². The summed E-state index contributed by atoms with van der Waals surface area (Å²) in [6, 6.07) is 1.03. The maximum Gasteiger partial charge on any atom is 0.337 e. The number of amides is 2. The fraction of sp³-hybridized carbons (Fsp3) is 0.462. The van der Waals surface area contributed by atoms with E-state index in [1.54, 1.807) is 0 Å². The number of anilines is 1. The van der Waals surface area contributed by atoms with Gasteiger partial charge in [-0.15, -0.1) is 0 Å². The third kappa shape index (κ3) is 3.92. The Morgan fingerprint density at radius 1 is 1.50 bits per heavy atom. The van der Waals surface area contributed by atoms with Crippen LogP contribution in [0.4, 0.5) is 10.5 Å². The lowest BCUT2D eigenvalue weighted by Crippen LogP contribution is -2.33. The van der Waals surface area contributed by atoms with Crippen molar-refractivity contribution in [1.29, 1.82) is 0 Å². The Balaban J connectivity index is 1.82. The molecule has 7 nitrogen and oxygen atoms in total. The van der Waals surface area contributed by atoms with Gasteiger partial charge >= 0.3 is 12.0 Å². The summed E-state index contributed by atoms with van der Waals surface area (Å²) in [7, 11) is 2.06. The summed E-state index contributed by atoms with van der Waals surface area (Å²) in [5.41, 5.74) is 0.408. The average molecular weight is 278 g/mol. The molecule has 0 aliphatic carbocycles. The second-order valence-electron chi connectivity index (χ2n) is 5.02. The number of urea groups is 1. The molecule has 1 aliphatic heterocycles. The Labute approximate surface area is 117 Å². The first-order valence-corrected chi connectivity index (χ1v) is 6.46. The van der Waals surface area contributed by atoms with Gasteiger partial charge < -0.3 is 20.6 Å². The topological polar surface area (TPSA) is 94.6 Å². The molecule has 3 N–H and O–H groups in total. The number of likely N-dealkylation sites (tertiary alicyclic amines) is 1. The lowest BCUT2D eigenvalue weighted by Gasteiger charge is -2.12. The second-order valence-corrected chi connectivity index (χ2v) is 5.02. The molecular weight excluding hydrogens is 260 g/mol. The number of pyridine rings is 1. The van der Waals surface area contributed by atoms with Crippen molar-refractivity contribution >= 4 is 17.7 Å². The number of hydrogen-bond donors (Lipinski definition) is 3. The molecule has 1 aliphatic rings. The minimum absolute atomic E-state index is 0.0419. The summed E-state index contributed by atoms with van der Waals surface area (Å²) in [5.74, 6) is -0.607. The van der Waals surface area contributed by atoms with Gasteiger partial charge in [0.1, 0.15) is 0 Å². The van der Waals surface area contributed by atoms with Crippen LogP contribution in [0.2, 0.25) is 0 Å². The highest BCUT2D eigenvalue weighted by atomic mass is 16.4. The highest BCUT2D eigenvalue weighted by Gasteiger charge is 2.19. The normalized spacial score (nSPS) is 18.8. The Bertz CT molecular complexity index is 506. The van der Waals surface area contributed by atoms with Crippen LogP contribution >= 0.6 is 0 Å². The zero-order chi connectivity index (χ0) is 14.5. The molecule has 0 aromatic carbocycles. The molecular formula is C13H18N4O3. The monoisotopic (exact) mass is 278 g/mol. The van der Waals surface area contributed by atoms with Crippen LogP contribution < -0.4 is 10.6 Å². The maximum atomic E-state index is 11.7. The van der Waals surface area contributed by atoms with Crippen LogP contribution in [0.15, 0.2) is 18.5 Å². The molecule has 0 spiro atoms. The Morgan fingerprint density at radius 2 is 2.30 bits per heavy atom. The van der Waals surface area contributed by atoms with Crippen LogP contribution in [0.25, 0.3) is 0 Å².